The summed E-state index contributed by atoms with van der Waals surface area (Å²) in [7, 11) is 1.64. The van der Waals surface area contributed by atoms with E-state index in [-0.39, 0.29) is 18.1 Å². The summed E-state index contributed by atoms with van der Waals surface area (Å²) in [4.78, 5) is 10.3. The first-order valence-electron chi connectivity index (χ1n) is 5.61. The largest absolute Gasteiger partial charge is 0.396 e. The molecule has 0 amide bonds. The predicted octanol–water partition coefficient (Wildman–Crippen LogP) is 1.15. The number of hydrogen-bond acceptors (Lipinski definition) is 5. The zero-order valence-corrected chi connectivity index (χ0v) is 10.1. The quantitative estimate of drug-likeness (QED) is 0.552. The second-order valence-corrected chi connectivity index (χ2v) is 3.96. The van der Waals surface area contributed by atoms with Crippen molar-refractivity contribution in [2.45, 2.75) is 19.8 Å². The molecule has 0 bridgehead atoms. The topological polar surface area (TPSA) is 93.2 Å². The second kappa shape index (κ2) is 6.19. The summed E-state index contributed by atoms with van der Waals surface area (Å²) >= 11 is 0. The van der Waals surface area contributed by atoms with Gasteiger partial charge in [0.1, 0.15) is 6.20 Å². The van der Waals surface area contributed by atoms with Gasteiger partial charge in [-0.3, -0.25) is 14.8 Å². The van der Waals surface area contributed by atoms with Crippen molar-refractivity contribution in [1.82, 2.24) is 9.78 Å². The van der Waals surface area contributed by atoms with Crippen molar-refractivity contribution >= 4 is 11.5 Å². The van der Waals surface area contributed by atoms with Crippen LogP contribution in [0.5, 0.6) is 0 Å². The maximum Gasteiger partial charge on any atom is 0.330 e. The zero-order valence-electron chi connectivity index (χ0n) is 10.1. The third-order valence-corrected chi connectivity index (χ3v) is 2.68. The number of aryl methyl sites for hydroxylation is 1. The van der Waals surface area contributed by atoms with Crippen LogP contribution in [0.4, 0.5) is 11.5 Å². The van der Waals surface area contributed by atoms with Crippen molar-refractivity contribution in [3.8, 4) is 0 Å². The van der Waals surface area contributed by atoms with Gasteiger partial charge in [0.25, 0.3) is 0 Å². The molecule has 0 aliphatic heterocycles. The molecule has 0 fully saturated rings. The highest BCUT2D eigenvalue weighted by Crippen LogP contribution is 2.22. The minimum Gasteiger partial charge on any atom is -0.396 e. The Morgan fingerprint density at radius 3 is 2.94 bits per heavy atom. The van der Waals surface area contributed by atoms with Gasteiger partial charge in [0, 0.05) is 20.2 Å². The maximum atomic E-state index is 10.7. The van der Waals surface area contributed by atoms with E-state index in [1.165, 1.54) is 10.9 Å². The number of nitrogens with one attached hydrogen (secondary N) is 1. The predicted molar refractivity (Wildman–Crippen MR) is 63.8 cm³/mol. The Balaban J connectivity index is 2.64. The molecule has 0 aliphatic rings. The van der Waals surface area contributed by atoms with Gasteiger partial charge in [-0.25, -0.2) is 0 Å². The number of aliphatic hydroxyl groups is 1. The fraction of sp³-hybridized carbons (Fsp3) is 0.700. The molecule has 1 rings (SSSR count). The van der Waals surface area contributed by atoms with Crippen LogP contribution in [0.25, 0.3) is 0 Å². The Hall–Kier alpha value is -1.63. The van der Waals surface area contributed by atoms with E-state index in [0.29, 0.717) is 18.9 Å². The summed E-state index contributed by atoms with van der Waals surface area (Å²) in [6.07, 6.45) is 2.97. The van der Waals surface area contributed by atoms with Gasteiger partial charge in [0.15, 0.2) is 0 Å². The van der Waals surface area contributed by atoms with Crippen molar-refractivity contribution in [3.63, 3.8) is 0 Å². The van der Waals surface area contributed by atoms with Gasteiger partial charge in [-0.15, -0.1) is 5.10 Å². The lowest BCUT2D eigenvalue weighted by Gasteiger charge is -2.13. The Bertz CT molecular complexity index is 378. The minimum atomic E-state index is -0.456. The van der Waals surface area contributed by atoms with Crippen LogP contribution in [0.15, 0.2) is 6.20 Å². The van der Waals surface area contributed by atoms with Crippen LogP contribution >= 0.6 is 0 Å². The third kappa shape index (κ3) is 3.70. The van der Waals surface area contributed by atoms with E-state index in [9.17, 15) is 10.1 Å². The number of aromatic nitrogens is 2. The molecule has 7 nitrogen and oxygen atoms in total. The summed E-state index contributed by atoms with van der Waals surface area (Å²) < 4.78 is 1.41. The van der Waals surface area contributed by atoms with Gasteiger partial charge >= 0.3 is 5.69 Å². The Morgan fingerprint density at radius 1 is 1.71 bits per heavy atom. The number of rotatable bonds is 7. The maximum absolute atomic E-state index is 10.7. The Labute approximate surface area is 99.6 Å². The van der Waals surface area contributed by atoms with Crippen molar-refractivity contribution in [2.75, 3.05) is 18.5 Å². The summed E-state index contributed by atoms with van der Waals surface area (Å²) in [6, 6.07) is 0. The van der Waals surface area contributed by atoms with E-state index in [0.717, 1.165) is 6.42 Å². The molecule has 0 spiro atoms. The highest BCUT2D eigenvalue weighted by Gasteiger charge is 2.18. The highest BCUT2D eigenvalue weighted by atomic mass is 16.6. The lowest BCUT2D eigenvalue weighted by molar-refractivity contribution is -0.384. The molecule has 17 heavy (non-hydrogen) atoms. The molecule has 0 aliphatic carbocycles. The van der Waals surface area contributed by atoms with Gasteiger partial charge < -0.3 is 10.4 Å². The Morgan fingerprint density at radius 2 is 2.41 bits per heavy atom. The van der Waals surface area contributed by atoms with Crippen molar-refractivity contribution in [2.24, 2.45) is 13.0 Å². The van der Waals surface area contributed by atoms with Crippen molar-refractivity contribution in [3.05, 3.63) is 16.3 Å². The molecule has 0 saturated carbocycles. The summed E-state index contributed by atoms with van der Waals surface area (Å²) in [5, 5.41) is 26.6. The first kappa shape index (κ1) is 13.4. The summed E-state index contributed by atoms with van der Waals surface area (Å²) in [5.74, 6) is 0.579. The van der Waals surface area contributed by atoms with Gasteiger partial charge in [0.05, 0.1) is 4.92 Å². The van der Waals surface area contributed by atoms with E-state index in [1.54, 1.807) is 7.05 Å². The third-order valence-electron chi connectivity index (χ3n) is 2.68. The molecular weight excluding hydrogens is 224 g/mol. The van der Waals surface area contributed by atoms with Gasteiger partial charge in [0.2, 0.25) is 5.82 Å². The average Bonchev–Trinajstić information content (AvgIpc) is 2.66. The molecule has 7 heteroatoms. The number of anilines is 1. The molecule has 0 radical (unpaired) electrons. The van der Waals surface area contributed by atoms with Gasteiger partial charge in [-0.05, 0) is 12.3 Å². The molecule has 0 aromatic carbocycles. The molecule has 1 atom stereocenters. The lowest BCUT2D eigenvalue weighted by atomic mass is 10.0. The Kier molecular flexibility index (Phi) is 4.89. The molecule has 96 valence electrons. The first-order valence-corrected chi connectivity index (χ1v) is 5.61. The molecule has 2 N–H and O–H groups in total. The summed E-state index contributed by atoms with van der Waals surface area (Å²) in [6.45, 7) is 2.73. The molecule has 1 heterocycles. The molecule has 1 aromatic rings. The monoisotopic (exact) mass is 242 g/mol. The van der Waals surface area contributed by atoms with E-state index >= 15 is 0 Å². The van der Waals surface area contributed by atoms with Crippen LogP contribution in [0, 0.1) is 16.0 Å². The SMILES string of the molecule is CCC(CCO)CNc1nn(C)cc1[N+](=O)[O-]. The van der Waals surface area contributed by atoms with Crippen LogP contribution in [0.2, 0.25) is 0 Å². The van der Waals surface area contributed by atoms with Crippen LogP contribution in [-0.2, 0) is 7.05 Å². The van der Waals surface area contributed by atoms with E-state index in [1.807, 2.05) is 6.92 Å². The first-order chi connectivity index (χ1) is 8.08. The lowest BCUT2D eigenvalue weighted by Crippen LogP contribution is -2.15. The molecule has 0 saturated heterocycles. The highest BCUT2D eigenvalue weighted by molar-refractivity contribution is 5.54. The van der Waals surface area contributed by atoms with Crippen LogP contribution in [-0.4, -0.2) is 33.0 Å². The molecule has 1 aromatic heterocycles. The number of aliphatic hydroxyl groups excluding tert-OH is 1. The molecular formula is C10H18N4O3. The van der Waals surface area contributed by atoms with E-state index < -0.39 is 4.92 Å². The van der Waals surface area contributed by atoms with Gasteiger partial charge in [-0.2, -0.15) is 0 Å². The standard InChI is InChI=1S/C10H18N4O3/c1-3-8(4-5-15)6-11-10-9(14(16)17)7-13(2)12-10/h7-8,15H,3-6H2,1-2H3,(H,11,12). The fourth-order valence-electron chi connectivity index (χ4n) is 1.61. The van der Waals surface area contributed by atoms with Gasteiger partial charge in [-0.1, -0.05) is 13.3 Å². The van der Waals surface area contributed by atoms with Crippen LogP contribution < -0.4 is 5.32 Å². The van der Waals surface area contributed by atoms with Crippen molar-refractivity contribution < 1.29 is 10.0 Å². The fourth-order valence-corrected chi connectivity index (χ4v) is 1.61. The van der Waals surface area contributed by atoms with E-state index in [4.69, 9.17) is 5.11 Å². The van der Waals surface area contributed by atoms with E-state index in [2.05, 4.69) is 10.4 Å². The number of hydrogen-bond donors (Lipinski definition) is 2. The van der Waals surface area contributed by atoms with Crippen LogP contribution in [0.1, 0.15) is 19.8 Å². The normalized spacial score (nSPS) is 12.4. The minimum absolute atomic E-state index is 0.0219. The number of nitrogens with zero attached hydrogens (tertiary/aromatic N) is 3. The number of nitro groups is 1. The summed E-state index contributed by atoms with van der Waals surface area (Å²) in [5.41, 5.74) is -0.0219. The average molecular weight is 242 g/mol. The second-order valence-electron chi connectivity index (χ2n) is 3.96. The zero-order chi connectivity index (χ0) is 12.8. The molecule has 1 unspecified atom stereocenters. The van der Waals surface area contributed by atoms with Crippen LogP contribution in [0.3, 0.4) is 0 Å². The smallest absolute Gasteiger partial charge is 0.330 e. The van der Waals surface area contributed by atoms with Crippen molar-refractivity contribution in [1.29, 1.82) is 0 Å².